The topological polar surface area (TPSA) is 176 Å². The fourth-order valence-electron chi connectivity index (χ4n) is 4.17. The van der Waals surface area contributed by atoms with E-state index in [-0.39, 0.29) is 26.1 Å². The van der Waals surface area contributed by atoms with Crippen LogP contribution in [0.2, 0.25) is 0 Å². The zero-order valence-electron chi connectivity index (χ0n) is 25.8. The molecule has 0 aromatic rings. The minimum atomic E-state index is -1.95. The summed E-state index contributed by atoms with van der Waals surface area (Å²) < 4.78 is 41.9. The highest BCUT2D eigenvalue weighted by Crippen LogP contribution is 2.30. The summed E-state index contributed by atoms with van der Waals surface area (Å²) in [6, 6.07) is 0. The third kappa shape index (κ3) is 11.4. The largest absolute Gasteiger partial charge is 0.468 e. The van der Waals surface area contributed by atoms with Crippen LogP contribution in [-0.4, -0.2) is 99.9 Å². The van der Waals surface area contributed by atoms with Crippen molar-refractivity contribution in [3.05, 3.63) is 24.3 Å². The molecule has 0 unspecified atom stereocenters. The van der Waals surface area contributed by atoms with E-state index in [2.05, 4.69) is 23.7 Å². The predicted molar refractivity (Wildman–Crippen MR) is 151 cm³/mol. The maximum Gasteiger partial charge on any atom is 0.325 e. The van der Waals surface area contributed by atoms with E-state index in [0.29, 0.717) is 0 Å². The molecule has 0 aliphatic carbocycles. The van der Waals surface area contributed by atoms with Crippen LogP contribution in [0.1, 0.15) is 40.5 Å². The summed E-state index contributed by atoms with van der Waals surface area (Å²) in [7, 11) is 2.20. The summed E-state index contributed by atoms with van der Waals surface area (Å²) in [4.78, 5) is 71.4. The summed E-state index contributed by atoms with van der Waals surface area (Å²) in [6.07, 6.45) is 0.278. The van der Waals surface area contributed by atoms with E-state index in [4.69, 9.17) is 37.9 Å². The molecule has 2 aliphatic rings. The number of carbonyl (C=O) groups is 6. The molecule has 2 aliphatic heterocycles. The van der Waals surface area contributed by atoms with Gasteiger partial charge in [-0.05, 0) is 24.3 Å². The second kappa shape index (κ2) is 17.6. The first-order chi connectivity index (χ1) is 21.3. The van der Waals surface area contributed by atoms with E-state index in [1.165, 1.54) is 52.0 Å². The highest BCUT2D eigenvalue weighted by molar-refractivity contribution is 6.00. The van der Waals surface area contributed by atoms with Crippen LogP contribution in [0.4, 0.5) is 0 Å². The fourth-order valence-corrected chi connectivity index (χ4v) is 4.17. The van der Waals surface area contributed by atoms with Gasteiger partial charge in [0.2, 0.25) is 0 Å². The molecule has 0 fully saturated rings. The predicted octanol–water partition coefficient (Wildman–Crippen LogP) is 0.743. The van der Waals surface area contributed by atoms with Gasteiger partial charge in [0.05, 0.1) is 14.2 Å². The van der Waals surface area contributed by atoms with Gasteiger partial charge in [0.25, 0.3) is 0 Å². The maximum atomic E-state index is 12.9. The second-order valence-electron chi connectivity index (χ2n) is 9.77. The van der Waals surface area contributed by atoms with Gasteiger partial charge in [-0.15, -0.1) is 0 Å². The molecule has 0 spiro atoms. The van der Waals surface area contributed by atoms with Crippen LogP contribution in [0, 0.1) is 29.1 Å². The van der Waals surface area contributed by atoms with E-state index in [0.717, 1.165) is 14.2 Å². The van der Waals surface area contributed by atoms with Crippen LogP contribution in [0.5, 0.6) is 0 Å². The number of carbonyl (C=O) groups excluding carboxylic acids is 6. The summed E-state index contributed by atoms with van der Waals surface area (Å²) in [6.45, 7) is 4.47. The zero-order chi connectivity index (χ0) is 33.6. The van der Waals surface area contributed by atoms with Gasteiger partial charge >= 0.3 is 35.8 Å². The van der Waals surface area contributed by atoms with Crippen molar-refractivity contribution in [1.29, 1.82) is 0 Å². The molecule has 0 aromatic heterocycles. The Morgan fingerprint density at radius 3 is 1.31 bits per heavy atom. The van der Waals surface area contributed by atoms with Crippen molar-refractivity contribution in [1.82, 2.24) is 0 Å². The van der Waals surface area contributed by atoms with Gasteiger partial charge in [0.15, 0.2) is 5.41 Å². The Bertz CT molecular complexity index is 1210. The summed E-state index contributed by atoms with van der Waals surface area (Å²) in [5.74, 6) is 6.98. The maximum absolute atomic E-state index is 12.9. The van der Waals surface area contributed by atoms with Crippen molar-refractivity contribution in [3.8, 4) is 23.7 Å². The van der Waals surface area contributed by atoms with Crippen molar-refractivity contribution < 1.29 is 66.7 Å². The van der Waals surface area contributed by atoms with Gasteiger partial charge in [-0.25, -0.2) is 0 Å². The van der Waals surface area contributed by atoms with Crippen LogP contribution >= 0.6 is 0 Å². The molecule has 0 aromatic carbocycles. The van der Waals surface area contributed by atoms with E-state index in [1.54, 1.807) is 0 Å². The van der Waals surface area contributed by atoms with Gasteiger partial charge in [0.1, 0.15) is 49.8 Å². The molecule has 0 bridgehead atoms. The Balaban J connectivity index is 2.28. The van der Waals surface area contributed by atoms with Crippen molar-refractivity contribution in [3.63, 3.8) is 0 Å². The molecule has 45 heavy (non-hydrogen) atoms. The first kappa shape index (κ1) is 36.5. The molecular weight excluding hydrogens is 596 g/mol. The number of ether oxygens (including phenoxy) is 8. The molecule has 0 saturated heterocycles. The SMILES string of the molecule is COC(=O)C(CC#C[C@@H]1C=C[C@H](OC(C)=O)[C@@H](COC(C)=O)O1)(CC#C[C@@H]1C=C[C@H](OC(C)=O)[C@@H](COC(C)=O)O1)C(=O)OC. The molecule has 244 valence electrons. The van der Waals surface area contributed by atoms with Crippen LogP contribution in [0.3, 0.4) is 0 Å². The first-order valence-electron chi connectivity index (χ1n) is 13.7. The van der Waals surface area contributed by atoms with E-state index in [1.807, 2.05) is 0 Å². The summed E-state index contributed by atoms with van der Waals surface area (Å²) in [5.41, 5.74) is -1.95. The minimum absolute atomic E-state index is 0.208. The number of esters is 6. The zero-order valence-corrected chi connectivity index (χ0v) is 25.8. The van der Waals surface area contributed by atoms with Crippen molar-refractivity contribution in [2.24, 2.45) is 5.41 Å². The Morgan fingerprint density at radius 1 is 0.622 bits per heavy atom. The molecule has 2 rings (SSSR count). The summed E-state index contributed by atoms with van der Waals surface area (Å²) >= 11 is 0. The molecule has 0 saturated carbocycles. The van der Waals surface area contributed by atoms with Crippen molar-refractivity contribution >= 4 is 35.8 Å². The standard InChI is InChI=1S/C31H36O14/c1-19(32)40-17-27-25(42-21(3)34)13-11-23(44-27)9-7-15-31(29(36)38-5,30(37)39-6)16-8-10-24-12-14-26(43-22(4)35)28(45-24)18-41-20(2)33/h11-14,23-28H,15-18H2,1-6H3/t23-,24-,25+,26+,27-,28-/m1/s1. The van der Waals surface area contributed by atoms with Crippen molar-refractivity contribution in [2.45, 2.75) is 77.2 Å². The van der Waals surface area contributed by atoms with Gasteiger partial charge in [-0.3, -0.25) is 28.8 Å². The van der Waals surface area contributed by atoms with Crippen LogP contribution in [0.15, 0.2) is 24.3 Å². The molecule has 6 atom stereocenters. The smallest absolute Gasteiger partial charge is 0.325 e. The summed E-state index contributed by atoms with van der Waals surface area (Å²) in [5, 5.41) is 0. The average Bonchev–Trinajstić information content (AvgIpc) is 2.98. The highest BCUT2D eigenvalue weighted by Gasteiger charge is 2.47. The third-order valence-electron chi connectivity index (χ3n) is 6.25. The molecular formula is C31H36O14. The number of methoxy groups -OCH3 is 2. The molecule has 14 heteroatoms. The van der Waals surface area contributed by atoms with Gasteiger partial charge in [0, 0.05) is 40.5 Å². The number of hydrogen-bond donors (Lipinski definition) is 0. The number of rotatable bonds is 10. The Kier molecular flexibility index (Phi) is 14.3. The van der Waals surface area contributed by atoms with Crippen molar-refractivity contribution in [2.75, 3.05) is 27.4 Å². The van der Waals surface area contributed by atoms with Crippen LogP contribution in [0.25, 0.3) is 0 Å². The lowest BCUT2D eigenvalue weighted by molar-refractivity contribution is -0.168. The van der Waals surface area contributed by atoms with Gasteiger partial charge in [-0.1, -0.05) is 23.7 Å². The van der Waals surface area contributed by atoms with Crippen LogP contribution in [-0.2, 0) is 66.7 Å². The Hall–Kier alpha value is -4.66. The first-order valence-corrected chi connectivity index (χ1v) is 13.7. The van der Waals surface area contributed by atoms with Gasteiger partial charge < -0.3 is 37.9 Å². The van der Waals surface area contributed by atoms with Crippen LogP contribution < -0.4 is 0 Å². The second-order valence-corrected chi connectivity index (χ2v) is 9.77. The van der Waals surface area contributed by atoms with Gasteiger partial charge in [-0.2, -0.15) is 0 Å². The quantitative estimate of drug-likeness (QED) is 0.108. The lowest BCUT2D eigenvalue weighted by Gasteiger charge is -2.29. The molecule has 0 radical (unpaired) electrons. The number of hydrogen-bond acceptors (Lipinski definition) is 14. The Morgan fingerprint density at radius 2 is 1.00 bits per heavy atom. The monoisotopic (exact) mass is 632 g/mol. The normalized spacial score (nSPS) is 23.5. The lowest BCUT2D eigenvalue weighted by atomic mass is 9.81. The lowest BCUT2D eigenvalue weighted by Crippen LogP contribution is -2.42. The van der Waals surface area contributed by atoms with E-state index < -0.39 is 77.9 Å². The molecule has 0 amide bonds. The molecule has 14 nitrogen and oxygen atoms in total. The Labute approximate surface area is 260 Å². The highest BCUT2D eigenvalue weighted by atomic mass is 16.6. The minimum Gasteiger partial charge on any atom is -0.468 e. The van der Waals surface area contributed by atoms with E-state index in [9.17, 15) is 28.8 Å². The third-order valence-corrected chi connectivity index (χ3v) is 6.25. The average molecular weight is 633 g/mol. The van der Waals surface area contributed by atoms with E-state index >= 15 is 0 Å². The fraction of sp³-hybridized carbons (Fsp3) is 0.548. The molecule has 2 heterocycles. The molecule has 0 N–H and O–H groups in total.